The fraction of sp³-hybridized carbons (Fsp3) is 0.444. The maximum atomic E-state index is 11.2. The summed E-state index contributed by atoms with van der Waals surface area (Å²) in [5, 5.41) is 5.21. The number of thiophene rings is 1. The molecule has 0 radical (unpaired) electrons. The van der Waals surface area contributed by atoms with E-state index in [2.05, 4.69) is 21.5 Å². The second kappa shape index (κ2) is 4.77. The van der Waals surface area contributed by atoms with Gasteiger partial charge >= 0.3 is 5.97 Å². The zero-order valence-electron chi connectivity index (χ0n) is 7.78. The molecule has 78 valence electrons. The Morgan fingerprint density at radius 2 is 2.50 bits per heavy atom. The third-order valence-electron chi connectivity index (χ3n) is 2.25. The zero-order valence-corrected chi connectivity index (χ0v) is 9.41. The van der Waals surface area contributed by atoms with Crippen molar-refractivity contribution in [3.8, 4) is 0 Å². The number of methoxy groups -OCH3 is 1. The molecule has 0 bridgehead atoms. The third-order valence-corrected chi connectivity index (χ3v) is 3.24. The van der Waals surface area contributed by atoms with Gasteiger partial charge in [0, 0.05) is 17.8 Å². The number of ether oxygens (including phenoxy) is 1. The third kappa shape index (κ3) is 2.08. The van der Waals surface area contributed by atoms with Crippen LogP contribution in [0.3, 0.4) is 0 Å². The summed E-state index contributed by atoms with van der Waals surface area (Å²) >= 11 is 1.71. The van der Waals surface area contributed by atoms with Gasteiger partial charge in [-0.05, 0) is 17.0 Å². The lowest BCUT2D eigenvalue weighted by Gasteiger charge is -2.21. The van der Waals surface area contributed by atoms with Crippen molar-refractivity contribution in [2.75, 3.05) is 7.11 Å². The van der Waals surface area contributed by atoms with E-state index in [1.54, 1.807) is 11.3 Å². The second-order valence-corrected chi connectivity index (χ2v) is 4.03. The molecule has 1 aliphatic heterocycles. The average molecular weight is 234 g/mol. The molecule has 0 spiro atoms. The highest BCUT2D eigenvalue weighted by Gasteiger charge is 2.25. The summed E-state index contributed by atoms with van der Waals surface area (Å²) < 4.78 is 4.68. The Morgan fingerprint density at radius 1 is 1.71 bits per heavy atom. The topological polar surface area (TPSA) is 38.3 Å². The average Bonchev–Trinajstić information content (AvgIpc) is 2.63. The molecule has 3 nitrogen and oxygen atoms in total. The van der Waals surface area contributed by atoms with Crippen LogP contribution < -0.4 is 5.32 Å². The normalized spacial score (nSPS) is 19.4. The maximum absolute atomic E-state index is 11.2. The molecular weight excluding hydrogens is 222 g/mol. The van der Waals surface area contributed by atoms with Crippen molar-refractivity contribution in [3.05, 3.63) is 21.9 Å². The molecule has 14 heavy (non-hydrogen) atoms. The van der Waals surface area contributed by atoms with Gasteiger partial charge < -0.3 is 4.74 Å². The number of hydrogen-bond acceptors (Lipinski definition) is 4. The van der Waals surface area contributed by atoms with Crippen molar-refractivity contribution >= 4 is 29.7 Å². The fourth-order valence-electron chi connectivity index (χ4n) is 1.50. The molecule has 0 amide bonds. The molecular formula is C9H12ClNO2S. The predicted octanol–water partition coefficient (Wildman–Crippen LogP) is 1.36. The molecule has 0 fully saturated rings. The predicted molar refractivity (Wildman–Crippen MR) is 57.9 cm³/mol. The van der Waals surface area contributed by atoms with Gasteiger partial charge in [0.1, 0.15) is 6.04 Å². The molecule has 0 aliphatic carbocycles. The van der Waals surface area contributed by atoms with Crippen LogP contribution >= 0.6 is 23.7 Å². The molecule has 1 aromatic rings. The Balaban J connectivity index is 0.000000980. The molecule has 1 N–H and O–H groups in total. The van der Waals surface area contributed by atoms with Gasteiger partial charge in [-0.25, -0.2) is 0 Å². The first-order valence-corrected chi connectivity index (χ1v) is 5.05. The summed E-state index contributed by atoms with van der Waals surface area (Å²) in [6, 6.07) is 1.94. The van der Waals surface area contributed by atoms with Gasteiger partial charge in [0.25, 0.3) is 0 Å². The SMILES string of the molecule is COC(=O)C1Cc2sccc2CN1.Cl. The van der Waals surface area contributed by atoms with E-state index in [0.717, 1.165) is 13.0 Å². The summed E-state index contributed by atoms with van der Waals surface area (Å²) in [5.74, 6) is -0.168. The number of esters is 1. The van der Waals surface area contributed by atoms with Crippen LogP contribution in [-0.2, 0) is 22.5 Å². The van der Waals surface area contributed by atoms with E-state index in [0.29, 0.717) is 0 Å². The van der Waals surface area contributed by atoms with Crippen LogP contribution in [0.15, 0.2) is 11.4 Å². The Bertz CT molecular complexity index is 326. The van der Waals surface area contributed by atoms with Crippen molar-refractivity contribution in [2.24, 2.45) is 0 Å². The van der Waals surface area contributed by atoms with Crippen LogP contribution in [0.5, 0.6) is 0 Å². The van der Waals surface area contributed by atoms with Crippen molar-refractivity contribution in [1.82, 2.24) is 5.32 Å². The molecule has 0 saturated heterocycles. The fourth-order valence-corrected chi connectivity index (χ4v) is 2.45. The highest BCUT2D eigenvalue weighted by atomic mass is 35.5. The molecule has 0 aromatic carbocycles. The van der Waals surface area contributed by atoms with Crippen LogP contribution in [0.4, 0.5) is 0 Å². The van der Waals surface area contributed by atoms with Crippen LogP contribution in [-0.4, -0.2) is 19.1 Å². The minimum atomic E-state index is -0.168. The van der Waals surface area contributed by atoms with Gasteiger partial charge in [-0.15, -0.1) is 23.7 Å². The molecule has 1 aliphatic rings. The zero-order chi connectivity index (χ0) is 9.26. The Labute approximate surface area is 92.9 Å². The molecule has 2 heterocycles. The van der Waals surface area contributed by atoms with E-state index >= 15 is 0 Å². The molecule has 2 rings (SSSR count). The summed E-state index contributed by atoms with van der Waals surface area (Å²) in [6.07, 6.45) is 0.764. The van der Waals surface area contributed by atoms with Gasteiger partial charge in [0.15, 0.2) is 0 Å². The van der Waals surface area contributed by atoms with Crippen LogP contribution in [0.2, 0.25) is 0 Å². The van der Waals surface area contributed by atoms with E-state index in [1.165, 1.54) is 17.6 Å². The van der Waals surface area contributed by atoms with Gasteiger partial charge in [0.2, 0.25) is 0 Å². The number of carbonyl (C=O) groups is 1. The Hall–Kier alpha value is -0.580. The molecule has 0 saturated carbocycles. The first-order valence-electron chi connectivity index (χ1n) is 4.17. The summed E-state index contributed by atoms with van der Waals surface area (Å²) in [7, 11) is 1.42. The van der Waals surface area contributed by atoms with Crippen molar-refractivity contribution in [1.29, 1.82) is 0 Å². The number of hydrogen-bond donors (Lipinski definition) is 1. The van der Waals surface area contributed by atoms with E-state index in [9.17, 15) is 4.79 Å². The largest absolute Gasteiger partial charge is 0.468 e. The van der Waals surface area contributed by atoms with E-state index < -0.39 is 0 Å². The Morgan fingerprint density at radius 3 is 3.21 bits per heavy atom. The molecule has 1 aromatic heterocycles. The number of rotatable bonds is 1. The van der Waals surface area contributed by atoms with E-state index in [1.807, 2.05) is 0 Å². The Kier molecular flexibility index (Phi) is 3.92. The van der Waals surface area contributed by atoms with E-state index in [4.69, 9.17) is 0 Å². The van der Waals surface area contributed by atoms with Crippen LogP contribution in [0.1, 0.15) is 10.4 Å². The number of fused-ring (bicyclic) bond motifs is 1. The molecule has 5 heteroatoms. The molecule has 1 unspecified atom stereocenters. The lowest BCUT2D eigenvalue weighted by Crippen LogP contribution is -2.41. The number of nitrogens with one attached hydrogen (secondary N) is 1. The minimum Gasteiger partial charge on any atom is -0.468 e. The van der Waals surface area contributed by atoms with Crippen molar-refractivity contribution in [2.45, 2.75) is 19.0 Å². The van der Waals surface area contributed by atoms with Crippen LogP contribution in [0, 0.1) is 0 Å². The number of halogens is 1. The standard InChI is InChI=1S/C9H11NO2S.ClH/c1-12-9(11)7-4-8-6(5-10-7)2-3-13-8;/h2-3,7,10H,4-5H2,1H3;1H. The van der Waals surface area contributed by atoms with Crippen LogP contribution in [0.25, 0.3) is 0 Å². The lowest BCUT2D eigenvalue weighted by molar-refractivity contribution is -0.143. The molecule has 1 atom stereocenters. The van der Waals surface area contributed by atoms with Gasteiger partial charge in [-0.2, -0.15) is 0 Å². The smallest absolute Gasteiger partial charge is 0.323 e. The van der Waals surface area contributed by atoms with Gasteiger partial charge in [-0.3, -0.25) is 10.1 Å². The summed E-state index contributed by atoms with van der Waals surface area (Å²) in [6.45, 7) is 0.776. The quantitative estimate of drug-likeness (QED) is 0.745. The summed E-state index contributed by atoms with van der Waals surface area (Å²) in [4.78, 5) is 12.5. The maximum Gasteiger partial charge on any atom is 0.323 e. The van der Waals surface area contributed by atoms with Crippen molar-refractivity contribution < 1.29 is 9.53 Å². The highest BCUT2D eigenvalue weighted by molar-refractivity contribution is 7.10. The summed E-state index contributed by atoms with van der Waals surface area (Å²) in [5.41, 5.74) is 1.31. The first-order chi connectivity index (χ1) is 6.31. The monoisotopic (exact) mass is 233 g/mol. The second-order valence-electron chi connectivity index (χ2n) is 3.03. The van der Waals surface area contributed by atoms with Crippen molar-refractivity contribution in [3.63, 3.8) is 0 Å². The highest BCUT2D eigenvalue weighted by Crippen LogP contribution is 2.22. The van der Waals surface area contributed by atoms with E-state index in [-0.39, 0.29) is 24.4 Å². The lowest BCUT2D eigenvalue weighted by atomic mass is 10.1. The van der Waals surface area contributed by atoms with Gasteiger partial charge in [-0.1, -0.05) is 0 Å². The van der Waals surface area contributed by atoms with Gasteiger partial charge in [0.05, 0.1) is 7.11 Å². The number of carbonyl (C=O) groups excluding carboxylic acids is 1. The minimum absolute atomic E-state index is 0. The first kappa shape index (κ1) is 11.5.